The van der Waals surface area contributed by atoms with E-state index in [1.807, 2.05) is 18.7 Å². The Morgan fingerprint density at radius 1 is 1.15 bits per heavy atom. The quantitative estimate of drug-likeness (QED) is 0.725. The Morgan fingerprint density at radius 2 is 1.85 bits per heavy atom. The highest BCUT2D eigenvalue weighted by Gasteiger charge is 2.31. The van der Waals surface area contributed by atoms with E-state index in [2.05, 4.69) is 30.1 Å². The number of carbonyl (C=O) groups excluding carboxylic acids is 1. The maximum Gasteiger partial charge on any atom is 0.310 e. The number of piperidine rings is 1. The van der Waals surface area contributed by atoms with E-state index >= 15 is 0 Å². The van der Waals surface area contributed by atoms with Crippen LogP contribution in [0.3, 0.4) is 0 Å². The zero-order chi connectivity index (χ0) is 17.9. The Labute approximate surface area is 155 Å². The number of aromatic nitrogens is 4. The second-order valence-corrected chi connectivity index (χ2v) is 7.64. The highest BCUT2D eigenvalue weighted by Crippen LogP contribution is 2.32. The summed E-state index contributed by atoms with van der Waals surface area (Å²) < 4.78 is 10.0. The summed E-state index contributed by atoms with van der Waals surface area (Å²) in [7, 11) is 0. The van der Waals surface area contributed by atoms with Crippen LogP contribution in [-0.2, 0) is 9.53 Å². The number of anilines is 2. The van der Waals surface area contributed by atoms with Gasteiger partial charge in [-0.25, -0.2) is 14.6 Å². The number of hydrogen-bond donors (Lipinski definition) is 0. The first-order valence-corrected chi connectivity index (χ1v) is 10.2. The fourth-order valence-corrected chi connectivity index (χ4v) is 4.35. The molecule has 10 heteroatoms. The molecule has 2 fully saturated rings. The van der Waals surface area contributed by atoms with Crippen molar-refractivity contribution in [3.8, 4) is 0 Å². The Morgan fingerprint density at radius 3 is 2.54 bits per heavy atom. The molecule has 0 bridgehead atoms. The van der Waals surface area contributed by atoms with Gasteiger partial charge in [0.2, 0.25) is 11.3 Å². The van der Waals surface area contributed by atoms with E-state index in [1.54, 1.807) is 0 Å². The number of nitrogens with zero attached hydrogens (tertiary/aromatic N) is 6. The van der Waals surface area contributed by atoms with Gasteiger partial charge in [-0.3, -0.25) is 4.79 Å². The lowest BCUT2D eigenvalue weighted by atomic mass is 9.98. The lowest BCUT2D eigenvalue weighted by Crippen LogP contribution is -2.42. The number of ether oxygens (including phenoxy) is 1. The van der Waals surface area contributed by atoms with Crippen LogP contribution in [-0.4, -0.2) is 70.5 Å². The largest absolute Gasteiger partial charge is 0.466 e. The Balaban J connectivity index is 1.66. The van der Waals surface area contributed by atoms with E-state index in [-0.39, 0.29) is 11.9 Å². The van der Waals surface area contributed by atoms with Crippen LogP contribution < -0.4 is 9.80 Å². The van der Waals surface area contributed by atoms with Crippen molar-refractivity contribution in [1.82, 2.24) is 20.3 Å². The number of rotatable bonds is 4. The molecule has 0 spiro atoms. The molecule has 4 heterocycles. The lowest BCUT2D eigenvalue weighted by molar-refractivity contribution is -0.148. The normalized spacial score (nSPS) is 21.2. The summed E-state index contributed by atoms with van der Waals surface area (Å²) in [6.45, 7) is 5.48. The summed E-state index contributed by atoms with van der Waals surface area (Å²) in [5.74, 6) is 3.40. The first kappa shape index (κ1) is 17.3. The third-order valence-corrected chi connectivity index (χ3v) is 5.67. The molecule has 1 atom stereocenters. The predicted molar refractivity (Wildman–Crippen MR) is 98.5 cm³/mol. The van der Waals surface area contributed by atoms with E-state index in [0.29, 0.717) is 24.4 Å². The molecule has 0 saturated carbocycles. The van der Waals surface area contributed by atoms with Crippen LogP contribution >= 0.6 is 11.8 Å². The van der Waals surface area contributed by atoms with Crippen molar-refractivity contribution in [2.45, 2.75) is 19.8 Å². The molecule has 0 unspecified atom stereocenters. The summed E-state index contributed by atoms with van der Waals surface area (Å²) in [6.07, 6.45) is 1.75. The van der Waals surface area contributed by atoms with Crippen LogP contribution in [0, 0.1) is 5.92 Å². The van der Waals surface area contributed by atoms with Crippen molar-refractivity contribution in [1.29, 1.82) is 0 Å². The van der Waals surface area contributed by atoms with Gasteiger partial charge in [-0.15, -0.1) is 0 Å². The average molecular weight is 378 g/mol. The van der Waals surface area contributed by atoms with Crippen molar-refractivity contribution >= 4 is 40.7 Å². The van der Waals surface area contributed by atoms with Gasteiger partial charge in [0.1, 0.15) is 0 Å². The molecule has 26 heavy (non-hydrogen) atoms. The van der Waals surface area contributed by atoms with Gasteiger partial charge >= 0.3 is 5.97 Å². The zero-order valence-electron chi connectivity index (χ0n) is 14.8. The van der Waals surface area contributed by atoms with Crippen LogP contribution in [0.5, 0.6) is 0 Å². The van der Waals surface area contributed by atoms with Gasteiger partial charge in [-0.05, 0) is 30.1 Å². The van der Waals surface area contributed by atoms with Gasteiger partial charge in [0.25, 0.3) is 0 Å². The molecular formula is C16H22N6O3S. The molecule has 0 aliphatic carbocycles. The van der Waals surface area contributed by atoms with E-state index < -0.39 is 0 Å². The average Bonchev–Trinajstić information content (AvgIpc) is 3.15. The fraction of sp³-hybridized carbons (Fsp3) is 0.688. The van der Waals surface area contributed by atoms with E-state index in [9.17, 15) is 4.79 Å². The molecule has 2 aliphatic rings. The SMILES string of the molecule is CCOC(=O)[C@@H]1CCCN(c2nc3nonc3nc2N2CCSCC2)C1. The van der Waals surface area contributed by atoms with Crippen molar-refractivity contribution in [3.05, 3.63) is 0 Å². The summed E-state index contributed by atoms with van der Waals surface area (Å²) in [5.41, 5.74) is 0.814. The van der Waals surface area contributed by atoms with Gasteiger partial charge in [0.15, 0.2) is 11.6 Å². The summed E-state index contributed by atoms with van der Waals surface area (Å²) in [5, 5.41) is 7.69. The number of fused-ring (bicyclic) bond motifs is 1. The van der Waals surface area contributed by atoms with Gasteiger partial charge in [0, 0.05) is 37.7 Å². The molecule has 140 valence electrons. The first-order chi connectivity index (χ1) is 12.8. The maximum absolute atomic E-state index is 12.2. The zero-order valence-corrected chi connectivity index (χ0v) is 15.6. The molecule has 9 nitrogen and oxygen atoms in total. The molecule has 4 rings (SSSR count). The highest BCUT2D eigenvalue weighted by molar-refractivity contribution is 7.99. The van der Waals surface area contributed by atoms with Crippen LogP contribution in [0.1, 0.15) is 19.8 Å². The molecule has 0 N–H and O–H groups in total. The summed E-state index contributed by atoms with van der Waals surface area (Å²) in [4.78, 5) is 25.9. The van der Waals surface area contributed by atoms with Crippen LogP contribution in [0.25, 0.3) is 11.3 Å². The number of thioether (sulfide) groups is 1. The standard InChI is InChI=1S/C16H22N6O3S/c1-2-24-16(23)11-4-3-5-22(10-11)15-14(21-6-8-26-9-7-21)17-12-13(18-15)20-25-19-12/h11H,2-10H2,1H3/t11-/m1/s1. The lowest BCUT2D eigenvalue weighted by Gasteiger charge is -2.35. The maximum atomic E-state index is 12.2. The predicted octanol–water partition coefficient (Wildman–Crippen LogP) is 1.35. The van der Waals surface area contributed by atoms with Crippen molar-refractivity contribution < 1.29 is 14.2 Å². The van der Waals surface area contributed by atoms with Crippen molar-refractivity contribution in [3.63, 3.8) is 0 Å². The van der Waals surface area contributed by atoms with E-state index in [4.69, 9.17) is 9.37 Å². The summed E-state index contributed by atoms with van der Waals surface area (Å²) in [6, 6.07) is 0. The minimum atomic E-state index is -0.138. The number of esters is 1. The third-order valence-electron chi connectivity index (χ3n) is 4.73. The number of hydrogen-bond acceptors (Lipinski definition) is 10. The third kappa shape index (κ3) is 3.42. The van der Waals surface area contributed by atoms with Crippen molar-refractivity contribution in [2.24, 2.45) is 5.92 Å². The van der Waals surface area contributed by atoms with Gasteiger partial charge in [-0.2, -0.15) is 11.8 Å². The molecule has 2 saturated heterocycles. The molecule has 2 aromatic rings. The first-order valence-electron chi connectivity index (χ1n) is 9.01. The molecule has 0 radical (unpaired) electrons. The Hall–Kier alpha value is -2.10. The molecule has 2 aromatic heterocycles. The van der Waals surface area contributed by atoms with E-state index in [1.165, 1.54) is 0 Å². The molecule has 0 amide bonds. The van der Waals surface area contributed by atoms with Crippen molar-refractivity contribution in [2.75, 3.05) is 54.1 Å². The second-order valence-electron chi connectivity index (χ2n) is 6.42. The number of carbonyl (C=O) groups is 1. The summed E-state index contributed by atoms with van der Waals surface area (Å²) >= 11 is 1.94. The Bertz CT molecular complexity index is 778. The molecule has 0 aromatic carbocycles. The van der Waals surface area contributed by atoms with Gasteiger partial charge in [-0.1, -0.05) is 0 Å². The van der Waals surface area contributed by atoms with Crippen LogP contribution in [0.2, 0.25) is 0 Å². The Kier molecular flexibility index (Phi) is 5.09. The second kappa shape index (κ2) is 7.65. The minimum Gasteiger partial charge on any atom is -0.466 e. The van der Waals surface area contributed by atoms with E-state index in [0.717, 1.165) is 55.6 Å². The molecule has 2 aliphatic heterocycles. The van der Waals surface area contributed by atoms with Gasteiger partial charge < -0.3 is 14.5 Å². The minimum absolute atomic E-state index is 0.134. The smallest absolute Gasteiger partial charge is 0.310 e. The topological polar surface area (TPSA) is 97.5 Å². The fourth-order valence-electron chi connectivity index (χ4n) is 3.44. The van der Waals surface area contributed by atoms with Crippen LogP contribution in [0.15, 0.2) is 4.63 Å². The van der Waals surface area contributed by atoms with Crippen LogP contribution in [0.4, 0.5) is 11.6 Å². The highest BCUT2D eigenvalue weighted by atomic mass is 32.2. The van der Waals surface area contributed by atoms with Gasteiger partial charge in [0.05, 0.1) is 12.5 Å². The molecular weight excluding hydrogens is 356 g/mol. The monoisotopic (exact) mass is 378 g/mol.